The van der Waals surface area contributed by atoms with Crippen LogP contribution in [0.4, 0.5) is 0 Å². The molecule has 116 valence electrons. The lowest BCUT2D eigenvalue weighted by Crippen LogP contribution is -2.47. The molecule has 0 bridgehead atoms. The molecule has 0 aliphatic rings. The third-order valence-electron chi connectivity index (χ3n) is 2.07. The largest absolute Gasteiger partial charge is 0.357 e. The summed E-state index contributed by atoms with van der Waals surface area (Å²) < 4.78 is 11.7. The van der Waals surface area contributed by atoms with Gasteiger partial charge in [-0.15, -0.1) is 24.0 Å². The molecule has 0 aromatic heterocycles. The number of rotatable bonds is 4. The lowest BCUT2D eigenvalue weighted by molar-refractivity contribution is 0.502. The Hall–Kier alpha value is 0.150. The first-order valence-electron chi connectivity index (χ1n) is 6.51. The van der Waals surface area contributed by atoms with E-state index in [4.69, 9.17) is 0 Å². The molecule has 0 aliphatic heterocycles. The fourth-order valence-electron chi connectivity index (χ4n) is 1.21. The average molecular weight is 403 g/mol. The highest BCUT2D eigenvalue weighted by Gasteiger charge is 2.18. The fraction of sp³-hybridized carbons (Fsp3) is 0.923. The number of nitrogens with zero attached hydrogens (tertiary/aromatic N) is 1. The predicted molar refractivity (Wildman–Crippen MR) is 97.0 cm³/mol. The van der Waals surface area contributed by atoms with Crippen molar-refractivity contribution in [1.82, 2.24) is 10.6 Å². The molecule has 0 saturated heterocycles. The van der Waals surface area contributed by atoms with Crippen molar-refractivity contribution in [1.29, 1.82) is 0 Å². The summed E-state index contributed by atoms with van der Waals surface area (Å²) in [5.74, 6) is 1.39. The zero-order valence-electron chi connectivity index (χ0n) is 13.3. The Bertz CT molecular complexity index is 306. The Morgan fingerprint density at radius 2 is 1.68 bits per heavy atom. The Morgan fingerprint density at radius 3 is 2.05 bits per heavy atom. The quantitative estimate of drug-likeness (QED) is 0.431. The molecule has 19 heavy (non-hydrogen) atoms. The van der Waals surface area contributed by atoms with E-state index in [1.54, 1.807) is 0 Å². The molecule has 0 aromatic rings. The summed E-state index contributed by atoms with van der Waals surface area (Å²) in [4.78, 5) is 4.45. The second kappa shape index (κ2) is 9.15. The van der Waals surface area contributed by atoms with E-state index in [9.17, 15) is 4.21 Å². The minimum absolute atomic E-state index is 0. The molecule has 0 aliphatic carbocycles. The molecule has 1 unspecified atom stereocenters. The van der Waals surface area contributed by atoms with E-state index >= 15 is 0 Å². The van der Waals surface area contributed by atoms with Crippen molar-refractivity contribution in [2.24, 2.45) is 4.99 Å². The van der Waals surface area contributed by atoms with Crippen LogP contribution in [-0.2, 0) is 10.8 Å². The number of nitrogens with one attached hydrogen (secondary N) is 2. The second-order valence-corrected chi connectivity index (χ2v) is 8.62. The Balaban J connectivity index is 0. The minimum atomic E-state index is -0.843. The summed E-state index contributed by atoms with van der Waals surface area (Å²) in [6.07, 6.45) is 0. The van der Waals surface area contributed by atoms with Crippen LogP contribution in [0.5, 0.6) is 0 Å². The van der Waals surface area contributed by atoms with Gasteiger partial charge in [0.25, 0.3) is 0 Å². The van der Waals surface area contributed by atoms with Crippen LogP contribution in [0.2, 0.25) is 0 Å². The lowest BCUT2D eigenvalue weighted by Gasteiger charge is -2.24. The molecule has 0 saturated carbocycles. The Kier molecular flexibility index (Phi) is 10.3. The summed E-state index contributed by atoms with van der Waals surface area (Å²) in [5, 5.41) is 6.50. The maximum Gasteiger partial charge on any atom is 0.191 e. The predicted octanol–water partition coefficient (Wildman–Crippen LogP) is 2.51. The van der Waals surface area contributed by atoms with Crippen molar-refractivity contribution in [3.05, 3.63) is 0 Å². The number of guanidine groups is 1. The topological polar surface area (TPSA) is 53.5 Å². The van der Waals surface area contributed by atoms with Crippen molar-refractivity contribution in [2.75, 3.05) is 18.8 Å². The number of halogens is 1. The van der Waals surface area contributed by atoms with E-state index in [1.807, 2.05) is 27.7 Å². The van der Waals surface area contributed by atoms with Gasteiger partial charge < -0.3 is 10.6 Å². The van der Waals surface area contributed by atoms with Crippen LogP contribution in [0.3, 0.4) is 0 Å². The van der Waals surface area contributed by atoms with E-state index in [1.165, 1.54) is 0 Å². The highest BCUT2D eigenvalue weighted by Crippen LogP contribution is 2.10. The van der Waals surface area contributed by atoms with Gasteiger partial charge in [0.1, 0.15) is 0 Å². The lowest BCUT2D eigenvalue weighted by atomic mass is 10.1. The van der Waals surface area contributed by atoms with Gasteiger partial charge in [-0.2, -0.15) is 0 Å². The van der Waals surface area contributed by atoms with Crippen LogP contribution in [0, 0.1) is 0 Å². The molecule has 0 amide bonds. The van der Waals surface area contributed by atoms with Crippen LogP contribution < -0.4 is 10.6 Å². The summed E-state index contributed by atoms with van der Waals surface area (Å²) >= 11 is 0. The van der Waals surface area contributed by atoms with E-state index in [-0.39, 0.29) is 34.3 Å². The monoisotopic (exact) mass is 403 g/mol. The number of aliphatic imine (C=N–C) groups is 1. The number of hydrogen-bond donors (Lipinski definition) is 2. The van der Waals surface area contributed by atoms with Crippen molar-refractivity contribution in [3.63, 3.8) is 0 Å². The van der Waals surface area contributed by atoms with Crippen LogP contribution >= 0.6 is 24.0 Å². The van der Waals surface area contributed by atoms with Crippen molar-refractivity contribution >= 4 is 40.7 Å². The first kappa shape index (κ1) is 21.4. The van der Waals surface area contributed by atoms with Crippen LogP contribution in [-0.4, -0.2) is 39.3 Å². The zero-order valence-corrected chi connectivity index (χ0v) is 16.4. The summed E-state index contributed by atoms with van der Waals surface area (Å²) in [5.41, 5.74) is -0.0236. The molecular formula is C13H30IN3OS. The van der Waals surface area contributed by atoms with Crippen molar-refractivity contribution in [2.45, 2.75) is 58.8 Å². The standard InChI is InChI=1S/C13H29N3OS.HI/c1-8-14-11(16-12(2,3)4)15-9-10-18(17)13(5,6)7;/h8-10H2,1-7H3,(H2,14,15,16);1H. The van der Waals surface area contributed by atoms with Gasteiger partial charge in [-0.3, -0.25) is 9.20 Å². The van der Waals surface area contributed by atoms with Gasteiger partial charge in [0.15, 0.2) is 5.96 Å². The third-order valence-corrected chi connectivity index (χ3v) is 3.99. The van der Waals surface area contributed by atoms with E-state index in [2.05, 4.69) is 36.4 Å². The first-order valence-corrected chi connectivity index (χ1v) is 7.83. The van der Waals surface area contributed by atoms with Gasteiger partial charge in [0.05, 0.1) is 6.54 Å². The molecule has 2 N–H and O–H groups in total. The maximum atomic E-state index is 11.9. The normalized spacial score (nSPS) is 14.6. The second-order valence-electron chi connectivity index (χ2n) is 6.30. The van der Waals surface area contributed by atoms with Crippen molar-refractivity contribution < 1.29 is 4.21 Å². The summed E-state index contributed by atoms with van der Waals surface area (Å²) in [6, 6.07) is 0. The molecule has 0 radical (unpaired) electrons. The molecule has 0 rings (SSSR count). The average Bonchev–Trinajstić information content (AvgIpc) is 2.13. The molecule has 0 spiro atoms. The zero-order chi connectivity index (χ0) is 14.4. The first-order chi connectivity index (χ1) is 8.06. The summed E-state index contributed by atoms with van der Waals surface area (Å²) in [6.45, 7) is 15.7. The van der Waals surface area contributed by atoms with Crippen LogP contribution in [0.15, 0.2) is 4.99 Å². The molecule has 0 heterocycles. The van der Waals surface area contributed by atoms with Gasteiger partial charge >= 0.3 is 0 Å². The third kappa shape index (κ3) is 11.7. The number of hydrogen-bond acceptors (Lipinski definition) is 2. The van der Waals surface area contributed by atoms with E-state index in [0.717, 1.165) is 12.5 Å². The van der Waals surface area contributed by atoms with Gasteiger partial charge in [-0.05, 0) is 48.5 Å². The highest BCUT2D eigenvalue weighted by molar-refractivity contribution is 14.0. The molecule has 6 heteroatoms. The van der Waals surface area contributed by atoms with Crippen LogP contribution in [0.1, 0.15) is 48.5 Å². The molecular weight excluding hydrogens is 373 g/mol. The van der Waals surface area contributed by atoms with Gasteiger partial charge in [-0.25, -0.2) is 0 Å². The highest BCUT2D eigenvalue weighted by atomic mass is 127. The molecule has 4 nitrogen and oxygen atoms in total. The van der Waals surface area contributed by atoms with Crippen molar-refractivity contribution in [3.8, 4) is 0 Å². The SMILES string of the molecule is CCNC(=NCCS(=O)C(C)(C)C)NC(C)(C)C.I. The van der Waals surface area contributed by atoms with Gasteiger partial charge in [-0.1, -0.05) is 0 Å². The molecule has 0 aromatic carbocycles. The summed E-state index contributed by atoms with van der Waals surface area (Å²) in [7, 11) is -0.843. The van der Waals surface area contributed by atoms with Gasteiger partial charge in [0, 0.05) is 33.4 Å². The van der Waals surface area contributed by atoms with E-state index < -0.39 is 10.8 Å². The Morgan fingerprint density at radius 1 is 1.16 bits per heavy atom. The van der Waals surface area contributed by atoms with Crippen LogP contribution in [0.25, 0.3) is 0 Å². The van der Waals surface area contributed by atoms with Gasteiger partial charge in [0.2, 0.25) is 0 Å². The minimum Gasteiger partial charge on any atom is -0.357 e. The van der Waals surface area contributed by atoms with E-state index in [0.29, 0.717) is 12.3 Å². The molecule has 0 fully saturated rings. The fourth-order valence-corrected chi connectivity index (χ4v) is 2.08. The smallest absolute Gasteiger partial charge is 0.191 e. The maximum absolute atomic E-state index is 11.9. The molecule has 1 atom stereocenters. The Labute approximate surface area is 138 Å².